The van der Waals surface area contributed by atoms with Crippen molar-refractivity contribution < 1.29 is 4.79 Å². The first-order chi connectivity index (χ1) is 7.08. The lowest BCUT2D eigenvalue weighted by molar-refractivity contribution is -0.129. The summed E-state index contributed by atoms with van der Waals surface area (Å²) in [5.41, 5.74) is -0.254. The van der Waals surface area contributed by atoms with Crippen LogP contribution in [0.1, 0.15) is 67.7 Å². The van der Waals surface area contributed by atoms with Gasteiger partial charge in [0.15, 0.2) is 5.78 Å². The summed E-state index contributed by atoms with van der Waals surface area (Å²) in [5.74, 6) is 0.330. The Morgan fingerprint density at radius 3 is 1.94 bits per heavy atom. The maximum absolute atomic E-state index is 12.3. The average Bonchev–Trinajstić information content (AvgIpc) is 2.07. The number of rotatable bonds is 5. The van der Waals surface area contributed by atoms with E-state index in [2.05, 4.69) is 33.0 Å². The van der Waals surface area contributed by atoms with E-state index in [0.29, 0.717) is 5.78 Å². The third-order valence-electron chi connectivity index (χ3n) is 2.51. The summed E-state index contributed by atoms with van der Waals surface area (Å²) in [6, 6.07) is -0.0000463. The van der Waals surface area contributed by atoms with Gasteiger partial charge in [0.2, 0.25) is 0 Å². The minimum Gasteiger partial charge on any atom is -0.303 e. The van der Waals surface area contributed by atoms with E-state index in [1.807, 2.05) is 20.8 Å². The third-order valence-corrected chi connectivity index (χ3v) is 2.51. The molecule has 0 saturated heterocycles. The first kappa shape index (κ1) is 15.6. The number of carbonyl (C=O) groups excluding carboxylic acids is 1. The molecule has 0 saturated carbocycles. The monoisotopic (exact) mass is 227 g/mol. The zero-order valence-corrected chi connectivity index (χ0v) is 12.1. The van der Waals surface area contributed by atoms with Gasteiger partial charge in [-0.25, -0.2) is 0 Å². The first-order valence-electron chi connectivity index (χ1n) is 6.40. The van der Waals surface area contributed by atoms with E-state index in [0.717, 1.165) is 19.3 Å². The fourth-order valence-corrected chi connectivity index (χ4v) is 1.72. The van der Waals surface area contributed by atoms with Gasteiger partial charge in [0.1, 0.15) is 0 Å². The van der Waals surface area contributed by atoms with Crippen LogP contribution in [0.2, 0.25) is 0 Å². The second-order valence-electron chi connectivity index (χ2n) is 6.70. The summed E-state index contributed by atoms with van der Waals surface area (Å²) in [7, 11) is 0. The van der Waals surface area contributed by atoms with E-state index in [9.17, 15) is 4.79 Å². The number of nitrogens with one attached hydrogen (secondary N) is 1. The Labute approximate surface area is 101 Å². The summed E-state index contributed by atoms with van der Waals surface area (Å²) >= 11 is 0. The Kier molecular flexibility index (Phi) is 5.67. The van der Waals surface area contributed by atoms with Crippen LogP contribution in [0.3, 0.4) is 0 Å². The van der Waals surface area contributed by atoms with Crippen molar-refractivity contribution >= 4 is 5.78 Å². The van der Waals surface area contributed by atoms with Crippen molar-refractivity contribution in [3.8, 4) is 0 Å². The van der Waals surface area contributed by atoms with Gasteiger partial charge < -0.3 is 5.32 Å². The van der Waals surface area contributed by atoms with Gasteiger partial charge in [0.25, 0.3) is 0 Å². The highest BCUT2D eigenvalue weighted by Crippen LogP contribution is 2.20. The molecule has 0 aromatic rings. The highest BCUT2D eigenvalue weighted by atomic mass is 16.1. The summed E-state index contributed by atoms with van der Waals surface area (Å²) in [6.07, 6.45) is 3.19. The lowest BCUT2D eigenvalue weighted by Crippen LogP contribution is -2.50. The van der Waals surface area contributed by atoms with E-state index in [1.165, 1.54) is 0 Å². The summed E-state index contributed by atoms with van der Waals surface area (Å²) in [4.78, 5) is 12.3. The third kappa shape index (κ3) is 6.26. The highest BCUT2D eigenvalue weighted by molar-refractivity contribution is 5.88. The average molecular weight is 227 g/mol. The van der Waals surface area contributed by atoms with Crippen molar-refractivity contribution in [2.45, 2.75) is 79.3 Å². The zero-order valence-electron chi connectivity index (χ0n) is 12.1. The van der Waals surface area contributed by atoms with Crippen LogP contribution in [0, 0.1) is 5.41 Å². The molecule has 0 aliphatic heterocycles. The second kappa shape index (κ2) is 5.81. The van der Waals surface area contributed by atoms with Crippen LogP contribution in [0.25, 0.3) is 0 Å². The summed E-state index contributed by atoms with van der Waals surface area (Å²) < 4.78 is 0. The summed E-state index contributed by atoms with van der Waals surface area (Å²) in [6.45, 7) is 14.5. The van der Waals surface area contributed by atoms with Crippen LogP contribution < -0.4 is 5.32 Å². The van der Waals surface area contributed by atoms with E-state index >= 15 is 0 Å². The quantitative estimate of drug-likeness (QED) is 0.778. The number of hydrogen-bond donors (Lipinski definition) is 1. The molecule has 0 amide bonds. The maximum atomic E-state index is 12.3. The van der Waals surface area contributed by atoms with Gasteiger partial charge >= 0.3 is 0 Å². The largest absolute Gasteiger partial charge is 0.303 e. The van der Waals surface area contributed by atoms with Crippen LogP contribution in [0.5, 0.6) is 0 Å². The molecule has 0 bridgehead atoms. The van der Waals surface area contributed by atoms with Crippen molar-refractivity contribution in [1.29, 1.82) is 0 Å². The van der Waals surface area contributed by atoms with Crippen molar-refractivity contribution in [1.82, 2.24) is 5.32 Å². The summed E-state index contributed by atoms with van der Waals surface area (Å²) in [5, 5.41) is 3.45. The smallest absolute Gasteiger partial charge is 0.155 e. The first-order valence-corrected chi connectivity index (χ1v) is 6.40. The molecule has 2 nitrogen and oxygen atoms in total. The Balaban J connectivity index is 4.61. The second-order valence-corrected chi connectivity index (χ2v) is 6.70. The van der Waals surface area contributed by atoms with Crippen molar-refractivity contribution in [2.24, 2.45) is 5.41 Å². The van der Waals surface area contributed by atoms with E-state index < -0.39 is 0 Å². The van der Waals surface area contributed by atoms with Gasteiger partial charge in [-0.05, 0) is 27.2 Å². The minimum absolute atomic E-state index is 0.0000463. The lowest BCUT2D eigenvalue weighted by Gasteiger charge is -2.31. The maximum Gasteiger partial charge on any atom is 0.155 e. The predicted octanol–water partition coefficient (Wildman–Crippen LogP) is 3.55. The molecule has 0 aliphatic carbocycles. The molecule has 0 aliphatic rings. The van der Waals surface area contributed by atoms with Crippen molar-refractivity contribution in [3.63, 3.8) is 0 Å². The lowest BCUT2D eigenvalue weighted by atomic mass is 9.84. The van der Waals surface area contributed by atoms with Crippen LogP contribution in [0.15, 0.2) is 0 Å². The molecule has 0 heterocycles. The number of carbonyl (C=O) groups is 1. The van der Waals surface area contributed by atoms with Crippen molar-refractivity contribution in [2.75, 3.05) is 0 Å². The molecule has 0 rings (SSSR count). The fourth-order valence-electron chi connectivity index (χ4n) is 1.72. The highest BCUT2D eigenvalue weighted by Gasteiger charge is 2.31. The molecule has 0 fully saturated rings. The number of Topliss-reactive ketones (excluding diaryl/α,β-unsaturated/α-hetero) is 1. The predicted molar refractivity (Wildman–Crippen MR) is 70.7 cm³/mol. The van der Waals surface area contributed by atoms with E-state index in [4.69, 9.17) is 0 Å². The standard InChI is InChI=1S/C14H29NO/c1-8-9-10-11(15-14(5,6)7)12(16)13(2,3)4/h11,15H,8-10H2,1-7H3/t11-/m1/s1. The Bertz CT molecular complexity index is 220. The Morgan fingerprint density at radius 2 is 1.62 bits per heavy atom. The van der Waals surface area contributed by atoms with E-state index in [-0.39, 0.29) is 17.0 Å². The fraction of sp³-hybridized carbons (Fsp3) is 0.929. The van der Waals surface area contributed by atoms with Gasteiger partial charge in [-0.15, -0.1) is 0 Å². The molecule has 0 aromatic heterocycles. The molecule has 0 spiro atoms. The molecule has 96 valence electrons. The molecular weight excluding hydrogens is 198 g/mol. The Morgan fingerprint density at radius 1 is 1.12 bits per heavy atom. The number of unbranched alkanes of at least 4 members (excludes halogenated alkanes) is 1. The van der Waals surface area contributed by atoms with Crippen molar-refractivity contribution in [3.05, 3.63) is 0 Å². The molecule has 1 N–H and O–H groups in total. The van der Waals surface area contributed by atoms with Crippen LogP contribution in [-0.2, 0) is 4.79 Å². The van der Waals surface area contributed by atoms with Crippen LogP contribution >= 0.6 is 0 Å². The van der Waals surface area contributed by atoms with Gasteiger partial charge in [0.05, 0.1) is 6.04 Å². The number of ketones is 1. The molecule has 0 radical (unpaired) electrons. The van der Waals surface area contributed by atoms with Crippen LogP contribution in [0.4, 0.5) is 0 Å². The molecule has 0 aromatic carbocycles. The molecule has 16 heavy (non-hydrogen) atoms. The molecule has 2 heteroatoms. The van der Waals surface area contributed by atoms with Crippen LogP contribution in [-0.4, -0.2) is 17.4 Å². The topological polar surface area (TPSA) is 29.1 Å². The Hall–Kier alpha value is -0.370. The molecule has 1 atom stereocenters. The number of hydrogen-bond acceptors (Lipinski definition) is 2. The van der Waals surface area contributed by atoms with Gasteiger partial charge in [-0.2, -0.15) is 0 Å². The minimum atomic E-state index is -0.253. The molecule has 0 unspecified atom stereocenters. The normalized spacial score (nSPS) is 14.9. The van der Waals surface area contributed by atoms with E-state index in [1.54, 1.807) is 0 Å². The SMILES string of the molecule is CCCC[C@@H](NC(C)(C)C)C(=O)C(C)(C)C. The molecular formula is C14H29NO. The zero-order chi connectivity index (χ0) is 13.0. The van der Waals surface area contributed by atoms with Gasteiger partial charge in [-0.1, -0.05) is 40.5 Å². The van der Waals surface area contributed by atoms with Gasteiger partial charge in [0, 0.05) is 11.0 Å². The van der Waals surface area contributed by atoms with Gasteiger partial charge in [-0.3, -0.25) is 4.79 Å².